The van der Waals surface area contributed by atoms with E-state index in [-0.39, 0.29) is 12.4 Å². The van der Waals surface area contributed by atoms with E-state index in [2.05, 4.69) is 35.2 Å². The zero-order valence-electron chi connectivity index (χ0n) is 8.63. The van der Waals surface area contributed by atoms with E-state index in [0.717, 1.165) is 25.0 Å². The van der Waals surface area contributed by atoms with Crippen molar-refractivity contribution >= 4 is 18.1 Å². The molecule has 0 amide bonds. The molecule has 2 nitrogen and oxygen atoms in total. The highest BCUT2D eigenvalue weighted by molar-refractivity contribution is 5.85. The van der Waals surface area contributed by atoms with Gasteiger partial charge in [0.2, 0.25) is 0 Å². The van der Waals surface area contributed by atoms with Gasteiger partial charge >= 0.3 is 0 Å². The number of ether oxygens (including phenoxy) is 1. The van der Waals surface area contributed by atoms with E-state index in [1.54, 1.807) is 0 Å². The van der Waals surface area contributed by atoms with Gasteiger partial charge in [0.25, 0.3) is 0 Å². The SMILES string of the molecule is Cl.c1ccc(N2CC3COCC3C2)cc1. The largest absolute Gasteiger partial charge is 0.381 e. The fourth-order valence-corrected chi connectivity index (χ4v) is 2.54. The smallest absolute Gasteiger partial charge is 0.0515 e. The summed E-state index contributed by atoms with van der Waals surface area (Å²) in [4.78, 5) is 2.48. The molecule has 0 N–H and O–H groups in total. The molecule has 1 aromatic carbocycles. The first kappa shape index (κ1) is 10.8. The zero-order chi connectivity index (χ0) is 9.38. The molecule has 3 heteroatoms. The summed E-state index contributed by atoms with van der Waals surface area (Å²) < 4.78 is 5.47. The maximum Gasteiger partial charge on any atom is 0.0515 e. The molecule has 0 aliphatic carbocycles. The number of anilines is 1. The van der Waals surface area contributed by atoms with Crippen molar-refractivity contribution in [2.45, 2.75) is 0 Å². The third-order valence-corrected chi connectivity index (χ3v) is 3.36. The minimum Gasteiger partial charge on any atom is -0.381 e. The molecule has 2 fully saturated rings. The average molecular weight is 226 g/mol. The second-order valence-electron chi connectivity index (χ2n) is 4.30. The van der Waals surface area contributed by atoms with Gasteiger partial charge in [-0.2, -0.15) is 0 Å². The van der Waals surface area contributed by atoms with Crippen LogP contribution in [-0.4, -0.2) is 26.3 Å². The van der Waals surface area contributed by atoms with Gasteiger partial charge in [-0.3, -0.25) is 0 Å². The second kappa shape index (κ2) is 4.42. The van der Waals surface area contributed by atoms with Gasteiger partial charge in [0.15, 0.2) is 0 Å². The number of fused-ring (bicyclic) bond motifs is 1. The zero-order valence-corrected chi connectivity index (χ0v) is 9.45. The van der Waals surface area contributed by atoms with Crippen LogP contribution in [0.2, 0.25) is 0 Å². The molecule has 15 heavy (non-hydrogen) atoms. The van der Waals surface area contributed by atoms with Crippen molar-refractivity contribution in [3.05, 3.63) is 30.3 Å². The van der Waals surface area contributed by atoms with Crippen LogP contribution in [0.15, 0.2) is 30.3 Å². The molecule has 0 radical (unpaired) electrons. The number of rotatable bonds is 1. The van der Waals surface area contributed by atoms with Gasteiger partial charge in [-0.15, -0.1) is 12.4 Å². The Kier molecular flexibility index (Phi) is 3.17. The van der Waals surface area contributed by atoms with Crippen LogP contribution >= 0.6 is 12.4 Å². The van der Waals surface area contributed by atoms with E-state index in [9.17, 15) is 0 Å². The van der Waals surface area contributed by atoms with E-state index in [1.807, 2.05) is 0 Å². The molecule has 2 heterocycles. The Labute approximate surface area is 96.6 Å². The maximum absolute atomic E-state index is 5.47. The Morgan fingerprint density at radius 1 is 1.00 bits per heavy atom. The van der Waals surface area contributed by atoms with Gasteiger partial charge in [-0.05, 0) is 12.1 Å². The molecule has 0 aromatic heterocycles. The molecule has 2 saturated heterocycles. The van der Waals surface area contributed by atoms with Crippen LogP contribution in [0.5, 0.6) is 0 Å². The van der Waals surface area contributed by atoms with Crippen molar-refractivity contribution < 1.29 is 4.74 Å². The van der Waals surface area contributed by atoms with Crippen molar-refractivity contribution in [3.8, 4) is 0 Å². The molecule has 82 valence electrons. The van der Waals surface area contributed by atoms with E-state index in [0.29, 0.717) is 0 Å². The molecular weight excluding hydrogens is 210 g/mol. The lowest BCUT2D eigenvalue weighted by molar-refractivity contribution is 0.177. The summed E-state index contributed by atoms with van der Waals surface area (Å²) in [7, 11) is 0. The van der Waals surface area contributed by atoms with Gasteiger partial charge in [-0.25, -0.2) is 0 Å². The first-order valence-corrected chi connectivity index (χ1v) is 5.31. The highest BCUT2D eigenvalue weighted by Crippen LogP contribution is 2.32. The Morgan fingerprint density at radius 3 is 2.20 bits per heavy atom. The minimum atomic E-state index is 0. The topological polar surface area (TPSA) is 12.5 Å². The highest BCUT2D eigenvalue weighted by atomic mass is 35.5. The van der Waals surface area contributed by atoms with E-state index in [1.165, 1.54) is 18.8 Å². The monoisotopic (exact) mass is 225 g/mol. The molecule has 2 aliphatic heterocycles. The van der Waals surface area contributed by atoms with Crippen molar-refractivity contribution in [2.24, 2.45) is 11.8 Å². The van der Waals surface area contributed by atoms with Crippen molar-refractivity contribution in [1.82, 2.24) is 0 Å². The summed E-state index contributed by atoms with van der Waals surface area (Å²) in [5, 5.41) is 0. The standard InChI is InChI=1S/C12H15NO.ClH/c1-2-4-12(5-3-1)13-6-10-8-14-9-11(10)7-13;/h1-5,10-11H,6-9H2;1H. The van der Waals surface area contributed by atoms with E-state index >= 15 is 0 Å². The third-order valence-electron chi connectivity index (χ3n) is 3.36. The number of benzene rings is 1. The Bertz CT molecular complexity index is 305. The molecule has 2 unspecified atom stereocenters. The molecule has 2 aliphatic rings. The number of nitrogens with zero attached hydrogens (tertiary/aromatic N) is 1. The number of para-hydroxylation sites is 1. The normalized spacial score (nSPS) is 28.7. The summed E-state index contributed by atoms with van der Waals surface area (Å²) in [6.45, 7) is 4.28. The first-order chi connectivity index (χ1) is 6.93. The molecule has 0 spiro atoms. The molecule has 1 aromatic rings. The van der Waals surface area contributed by atoms with Crippen LogP contribution < -0.4 is 4.90 Å². The Hall–Kier alpha value is -0.730. The second-order valence-corrected chi connectivity index (χ2v) is 4.30. The number of hydrogen-bond acceptors (Lipinski definition) is 2. The van der Waals surface area contributed by atoms with Crippen LogP contribution in [0.25, 0.3) is 0 Å². The fraction of sp³-hybridized carbons (Fsp3) is 0.500. The average Bonchev–Trinajstić information content (AvgIpc) is 2.78. The van der Waals surface area contributed by atoms with Crippen molar-refractivity contribution in [2.75, 3.05) is 31.2 Å². The first-order valence-electron chi connectivity index (χ1n) is 5.31. The number of hydrogen-bond donors (Lipinski definition) is 0. The predicted octanol–water partition coefficient (Wildman–Crippen LogP) is 2.19. The Morgan fingerprint density at radius 2 is 1.60 bits per heavy atom. The quantitative estimate of drug-likeness (QED) is 0.727. The summed E-state index contributed by atoms with van der Waals surface area (Å²) in [6, 6.07) is 10.7. The van der Waals surface area contributed by atoms with Crippen molar-refractivity contribution in [3.63, 3.8) is 0 Å². The highest BCUT2D eigenvalue weighted by Gasteiger charge is 2.36. The van der Waals surface area contributed by atoms with Gasteiger partial charge in [0, 0.05) is 30.6 Å². The van der Waals surface area contributed by atoms with Gasteiger partial charge in [-0.1, -0.05) is 18.2 Å². The molecular formula is C12H16ClNO. The van der Waals surface area contributed by atoms with Crippen LogP contribution in [0.4, 0.5) is 5.69 Å². The summed E-state index contributed by atoms with van der Waals surface area (Å²) in [5.74, 6) is 1.55. The molecule has 3 rings (SSSR count). The van der Waals surface area contributed by atoms with E-state index in [4.69, 9.17) is 4.74 Å². The fourth-order valence-electron chi connectivity index (χ4n) is 2.54. The lowest BCUT2D eigenvalue weighted by Crippen LogP contribution is -2.21. The summed E-state index contributed by atoms with van der Waals surface area (Å²) >= 11 is 0. The van der Waals surface area contributed by atoms with Crippen LogP contribution in [0.1, 0.15) is 0 Å². The molecule has 0 bridgehead atoms. The molecule has 2 atom stereocenters. The maximum atomic E-state index is 5.47. The summed E-state index contributed by atoms with van der Waals surface area (Å²) in [5.41, 5.74) is 1.36. The van der Waals surface area contributed by atoms with Gasteiger partial charge < -0.3 is 9.64 Å². The Balaban J connectivity index is 0.000000853. The lowest BCUT2D eigenvalue weighted by Gasteiger charge is -2.19. The van der Waals surface area contributed by atoms with Gasteiger partial charge in [0.1, 0.15) is 0 Å². The van der Waals surface area contributed by atoms with Crippen LogP contribution in [0.3, 0.4) is 0 Å². The third kappa shape index (κ3) is 1.97. The molecule has 0 saturated carbocycles. The predicted molar refractivity (Wildman–Crippen MR) is 63.7 cm³/mol. The lowest BCUT2D eigenvalue weighted by atomic mass is 10.0. The van der Waals surface area contributed by atoms with Crippen LogP contribution in [0, 0.1) is 11.8 Å². The van der Waals surface area contributed by atoms with Crippen LogP contribution in [-0.2, 0) is 4.74 Å². The summed E-state index contributed by atoms with van der Waals surface area (Å²) in [6.07, 6.45) is 0. The van der Waals surface area contributed by atoms with E-state index < -0.39 is 0 Å². The number of halogens is 1. The van der Waals surface area contributed by atoms with Gasteiger partial charge in [0.05, 0.1) is 13.2 Å². The minimum absolute atomic E-state index is 0. The van der Waals surface area contributed by atoms with Crippen molar-refractivity contribution in [1.29, 1.82) is 0 Å².